The number of hydrogen-bond acceptors (Lipinski definition) is 2. The van der Waals surface area contributed by atoms with Crippen molar-refractivity contribution in [3.8, 4) is 0 Å². The number of nitrogens with one attached hydrogen (secondary N) is 2. The first kappa shape index (κ1) is 15.8. The van der Waals surface area contributed by atoms with Crippen LogP contribution in [0.15, 0.2) is 0 Å². The Labute approximate surface area is 116 Å². The van der Waals surface area contributed by atoms with Gasteiger partial charge in [-0.3, -0.25) is 4.79 Å². The molecule has 1 rings (SSSR count). The number of carbonyl (C=O) groups excluding carboxylic acids is 2. The van der Waals surface area contributed by atoms with Crippen molar-refractivity contribution >= 4 is 11.9 Å². The largest absolute Gasteiger partial charge is 0.343 e. The molecule has 0 aliphatic carbocycles. The Morgan fingerprint density at radius 1 is 1.16 bits per heavy atom. The van der Waals surface area contributed by atoms with Gasteiger partial charge < -0.3 is 15.5 Å². The van der Waals surface area contributed by atoms with Crippen LogP contribution in [0.1, 0.15) is 47.0 Å². The molecule has 1 saturated heterocycles. The summed E-state index contributed by atoms with van der Waals surface area (Å²) in [6, 6.07) is 0.219. The van der Waals surface area contributed by atoms with Gasteiger partial charge in [0.1, 0.15) is 0 Å². The lowest BCUT2D eigenvalue weighted by atomic mass is 10.0. The van der Waals surface area contributed by atoms with E-state index >= 15 is 0 Å². The lowest BCUT2D eigenvalue weighted by Crippen LogP contribution is -2.50. The van der Waals surface area contributed by atoms with Crippen LogP contribution in [0.2, 0.25) is 0 Å². The zero-order valence-corrected chi connectivity index (χ0v) is 12.5. The van der Waals surface area contributed by atoms with Gasteiger partial charge >= 0.3 is 6.03 Å². The third kappa shape index (κ3) is 5.94. The van der Waals surface area contributed by atoms with Gasteiger partial charge in [-0.1, -0.05) is 13.8 Å². The van der Waals surface area contributed by atoms with Gasteiger partial charge in [0.25, 0.3) is 0 Å². The van der Waals surface area contributed by atoms with Crippen LogP contribution in [-0.4, -0.2) is 42.0 Å². The Bertz CT molecular complexity index is 308. The number of likely N-dealkylation sites (tertiary alicyclic amines) is 1. The molecule has 1 aliphatic heterocycles. The van der Waals surface area contributed by atoms with Gasteiger partial charge in [-0.25, -0.2) is 4.79 Å². The Kier molecular flexibility index (Phi) is 6.12. The van der Waals surface area contributed by atoms with Crippen molar-refractivity contribution in [1.29, 1.82) is 0 Å². The maximum atomic E-state index is 11.9. The molecule has 1 heterocycles. The Hall–Kier alpha value is -1.26. The number of rotatable bonds is 4. The molecule has 5 heteroatoms. The maximum absolute atomic E-state index is 11.9. The van der Waals surface area contributed by atoms with Gasteiger partial charge in [-0.15, -0.1) is 0 Å². The van der Waals surface area contributed by atoms with Gasteiger partial charge in [0.15, 0.2) is 0 Å². The minimum atomic E-state index is -0.109. The summed E-state index contributed by atoms with van der Waals surface area (Å²) in [6.07, 6.45) is 2.30. The van der Waals surface area contributed by atoms with E-state index in [0.29, 0.717) is 12.3 Å². The second-order valence-corrected chi connectivity index (χ2v) is 6.03. The van der Waals surface area contributed by atoms with Crippen molar-refractivity contribution in [1.82, 2.24) is 15.5 Å². The fourth-order valence-electron chi connectivity index (χ4n) is 2.24. The van der Waals surface area contributed by atoms with E-state index in [1.165, 1.54) is 0 Å². The highest BCUT2D eigenvalue weighted by Crippen LogP contribution is 2.13. The van der Waals surface area contributed by atoms with E-state index in [0.717, 1.165) is 25.9 Å². The topological polar surface area (TPSA) is 61.4 Å². The van der Waals surface area contributed by atoms with Crippen molar-refractivity contribution in [2.24, 2.45) is 5.92 Å². The van der Waals surface area contributed by atoms with Crippen molar-refractivity contribution in [2.45, 2.75) is 59.0 Å². The van der Waals surface area contributed by atoms with E-state index in [1.54, 1.807) is 0 Å². The SMILES string of the molecule is CC(C)CC(=O)N1CCC(NC(=O)NC(C)C)CC1. The van der Waals surface area contributed by atoms with Crippen LogP contribution >= 0.6 is 0 Å². The summed E-state index contributed by atoms with van der Waals surface area (Å²) >= 11 is 0. The van der Waals surface area contributed by atoms with Gasteiger partial charge in [0.2, 0.25) is 5.91 Å². The predicted octanol–water partition coefficient (Wildman–Crippen LogP) is 1.73. The van der Waals surface area contributed by atoms with Crippen molar-refractivity contribution < 1.29 is 9.59 Å². The third-order valence-corrected chi connectivity index (χ3v) is 3.19. The normalized spacial score (nSPS) is 16.8. The van der Waals surface area contributed by atoms with Crippen LogP contribution in [0, 0.1) is 5.92 Å². The first-order chi connectivity index (χ1) is 8.88. The summed E-state index contributed by atoms with van der Waals surface area (Å²) in [7, 11) is 0. The van der Waals surface area contributed by atoms with Crippen LogP contribution < -0.4 is 10.6 Å². The molecule has 1 fully saturated rings. The van der Waals surface area contributed by atoms with E-state index in [9.17, 15) is 9.59 Å². The fraction of sp³-hybridized carbons (Fsp3) is 0.857. The number of carbonyl (C=O) groups is 2. The minimum Gasteiger partial charge on any atom is -0.343 e. The second kappa shape index (κ2) is 7.36. The molecule has 0 aromatic rings. The standard InChI is InChI=1S/C14H27N3O2/c1-10(2)9-13(18)17-7-5-12(6-8-17)16-14(19)15-11(3)4/h10-12H,5-9H2,1-4H3,(H2,15,16,19). The molecule has 0 bridgehead atoms. The maximum Gasteiger partial charge on any atom is 0.315 e. The van der Waals surface area contributed by atoms with Gasteiger partial charge in [0, 0.05) is 31.6 Å². The quantitative estimate of drug-likeness (QED) is 0.816. The molecule has 2 N–H and O–H groups in total. The molecule has 0 aromatic carbocycles. The molecule has 0 spiro atoms. The average molecular weight is 269 g/mol. The lowest BCUT2D eigenvalue weighted by Gasteiger charge is -2.33. The Balaban J connectivity index is 2.29. The monoisotopic (exact) mass is 269 g/mol. The van der Waals surface area contributed by atoms with Crippen LogP contribution in [0.3, 0.4) is 0 Å². The summed E-state index contributed by atoms with van der Waals surface area (Å²) in [5.41, 5.74) is 0. The van der Waals surface area contributed by atoms with Crippen LogP contribution in [-0.2, 0) is 4.79 Å². The highest BCUT2D eigenvalue weighted by atomic mass is 16.2. The smallest absolute Gasteiger partial charge is 0.315 e. The number of hydrogen-bond donors (Lipinski definition) is 2. The van der Waals surface area contributed by atoms with Crippen LogP contribution in [0.4, 0.5) is 4.79 Å². The molecule has 19 heavy (non-hydrogen) atoms. The van der Waals surface area contributed by atoms with E-state index in [1.807, 2.05) is 18.7 Å². The summed E-state index contributed by atoms with van der Waals surface area (Å²) in [6.45, 7) is 9.49. The molecule has 0 radical (unpaired) electrons. The summed E-state index contributed by atoms with van der Waals surface area (Å²) in [5, 5.41) is 5.78. The van der Waals surface area contributed by atoms with E-state index < -0.39 is 0 Å². The van der Waals surface area contributed by atoms with E-state index in [2.05, 4.69) is 24.5 Å². The Morgan fingerprint density at radius 2 is 1.74 bits per heavy atom. The molecule has 0 aromatic heterocycles. The summed E-state index contributed by atoms with van der Waals surface area (Å²) in [4.78, 5) is 25.4. The molecule has 0 saturated carbocycles. The molecule has 5 nitrogen and oxygen atoms in total. The number of piperidine rings is 1. The highest BCUT2D eigenvalue weighted by molar-refractivity contribution is 5.76. The number of amides is 3. The highest BCUT2D eigenvalue weighted by Gasteiger charge is 2.24. The van der Waals surface area contributed by atoms with Crippen molar-refractivity contribution in [2.75, 3.05) is 13.1 Å². The second-order valence-electron chi connectivity index (χ2n) is 6.03. The van der Waals surface area contributed by atoms with E-state index in [-0.39, 0.29) is 24.0 Å². The average Bonchev–Trinajstić information content (AvgIpc) is 2.27. The van der Waals surface area contributed by atoms with Gasteiger partial charge in [-0.05, 0) is 32.6 Å². The van der Waals surface area contributed by atoms with Crippen LogP contribution in [0.25, 0.3) is 0 Å². The minimum absolute atomic E-state index is 0.109. The van der Waals surface area contributed by atoms with Crippen molar-refractivity contribution in [3.63, 3.8) is 0 Å². The lowest BCUT2D eigenvalue weighted by molar-refractivity contribution is -0.133. The first-order valence-corrected chi connectivity index (χ1v) is 7.23. The molecule has 0 unspecified atom stereocenters. The Morgan fingerprint density at radius 3 is 2.21 bits per heavy atom. The number of urea groups is 1. The molecular formula is C14H27N3O2. The van der Waals surface area contributed by atoms with E-state index in [4.69, 9.17) is 0 Å². The molecule has 0 atom stereocenters. The zero-order chi connectivity index (χ0) is 14.4. The first-order valence-electron chi connectivity index (χ1n) is 7.23. The zero-order valence-electron chi connectivity index (χ0n) is 12.5. The predicted molar refractivity (Wildman–Crippen MR) is 75.9 cm³/mol. The third-order valence-electron chi connectivity index (χ3n) is 3.19. The van der Waals surface area contributed by atoms with Gasteiger partial charge in [0.05, 0.1) is 0 Å². The molecule has 110 valence electrons. The molecular weight excluding hydrogens is 242 g/mol. The molecule has 3 amide bonds. The van der Waals surface area contributed by atoms with Crippen molar-refractivity contribution in [3.05, 3.63) is 0 Å². The van der Waals surface area contributed by atoms with Crippen LogP contribution in [0.5, 0.6) is 0 Å². The summed E-state index contributed by atoms with van der Waals surface area (Å²) < 4.78 is 0. The fourth-order valence-corrected chi connectivity index (χ4v) is 2.24. The summed E-state index contributed by atoms with van der Waals surface area (Å²) in [5.74, 6) is 0.639. The molecule has 1 aliphatic rings. The van der Waals surface area contributed by atoms with Gasteiger partial charge in [-0.2, -0.15) is 0 Å². The number of nitrogens with zero attached hydrogens (tertiary/aromatic N) is 1.